The van der Waals surface area contributed by atoms with E-state index < -0.39 is 24.1 Å². The fourth-order valence-corrected chi connectivity index (χ4v) is 5.00. The van der Waals surface area contributed by atoms with Crippen LogP contribution in [-0.4, -0.2) is 59.4 Å². The zero-order valence-electron chi connectivity index (χ0n) is 20.8. The molecule has 1 saturated heterocycles. The van der Waals surface area contributed by atoms with Gasteiger partial charge in [-0.2, -0.15) is 0 Å². The SMILES string of the molecule is O=C(OCO)c1c(N2CCN(C(=O)c3ccc(Cl)cc3)CC2)c2ccccc2n(Cc2ccc(F)cc2)c1=O. The average Bonchev–Trinajstić information content (AvgIpc) is 2.95. The summed E-state index contributed by atoms with van der Waals surface area (Å²) >= 11 is 5.95. The van der Waals surface area contributed by atoms with E-state index in [1.165, 1.54) is 16.7 Å². The number of carbonyl (C=O) groups excluding carboxylic acids is 2. The van der Waals surface area contributed by atoms with Gasteiger partial charge in [0.2, 0.25) is 0 Å². The third-order valence-electron chi connectivity index (χ3n) is 6.77. The summed E-state index contributed by atoms with van der Waals surface area (Å²) in [6.45, 7) is 0.675. The number of ether oxygens (including phenoxy) is 1. The summed E-state index contributed by atoms with van der Waals surface area (Å²) in [6.07, 6.45) is 0. The van der Waals surface area contributed by atoms with Crippen LogP contribution in [0.25, 0.3) is 10.9 Å². The smallest absolute Gasteiger partial charge is 0.348 e. The number of esters is 1. The predicted molar refractivity (Wildman–Crippen MR) is 146 cm³/mol. The van der Waals surface area contributed by atoms with Gasteiger partial charge in [0.1, 0.15) is 11.4 Å². The maximum atomic E-state index is 13.8. The van der Waals surface area contributed by atoms with Crippen LogP contribution in [0.5, 0.6) is 0 Å². The summed E-state index contributed by atoms with van der Waals surface area (Å²) in [6, 6.07) is 19.6. The second kappa shape index (κ2) is 11.3. The minimum absolute atomic E-state index is 0.0999. The van der Waals surface area contributed by atoms with Crippen molar-refractivity contribution in [2.75, 3.05) is 37.9 Å². The van der Waals surface area contributed by atoms with Crippen molar-refractivity contribution in [2.45, 2.75) is 6.54 Å². The molecule has 39 heavy (non-hydrogen) atoms. The first-order valence-electron chi connectivity index (χ1n) is 12.3. The molecule has 3 aromatic carbocycles. The number of anilines is 1. The molecule has 1 fully saturated rings. The van der Waals surface area contributed by atoms with Crippen molar-refractivity contribution in [3.05, 3.63) is 111 Å². The van der Waals surface area contributed by atoms with Gasteiger partial charge < -0.3 is 24.2 Å². The lowest BCUT2D eigenvalue weighted by Gasteiger charge is -2.37. The molecule has 0 saturated carbocycles. The number of halogens is 2. The summed E-state index contributed by atoms with van der Waals surface area (Å²) in [5.41, 5.74) is 1.37. The highest BCUT2D eigenvalue weighted by Crippen LogP contribution is 2.31. The molecule has 2 heterocycles. The maximum Gasteiger partial charge on any atom is 0.348 e. The van der Waals surface area contributed by atoms with E-state index in [4.69, 9.17) is 16.3 Å². The normalized spacial score (nSPS) is 13.5. The zero-order valence-corrected chi connectivity index (χ0v) is 21.6. The molecular formula is C29H25ClFN3O5. The van der Waals surface area contributed by atoms with E-state index in [1.807, 2.05) is 11.0 Å². The third kappa shape index (κ3) is 5.36. The van der Waals surface area contributed by atoms with Crippen LogP contribution in [-0.2, 0) is 11.3 Å². The number of carbonyl (C=O) groups is 2. The summed E-state index contributed by atoms with van der Waals surface area (Å²) in [5.74, 6) is -1.48. The first-order chi connectivity index (χ1) is 18.9. The first-order valence-corrected chi connectivity index (χ1v) is 12.7. The first kappa shape index (κ1) is 26.4. The summed E-state index contributed by atoms with van der Waals surface area (Å²) < 4.78 is 19.8. The number of fused-ring (bicyclic) bond motifs is 1. The standard InChI is InChI=1S/C29H25ClFN3O5/c30-21-9-7-20(8-10-21)27(36)33-15-13-32(14-16-33)26-23-3-1-2-4-24(23)34(17-19-5-11-22(31)12-6-19)28(37)25(26)29(38)39-18-35/h1-12,35H,13-18H2. The van der Waals surface area contributed by atoms with Crippen LogP contribution in [0, 0.1) is 5.82 Å². The summed E-state index contributed by atoms with van der Waals surface area (Å²) in [4.78, 5) is 43.5. The molecule has 8 nitrogen and oxygen atoms in total. The molecule has 10 heteroatoms. The van der Waals surface area contributed by atoms with E-state index in [0.717, 1.165) is 0 Å². The maximum absolute atomic E-state index is 13.8. The van der Waals surface area contributed by atoms with Gasteiger partial charge in [-0.1, -0.05) is 41.9 Å². The minimum Gasteiger partial charge on any atom is -0.435 e. The quantitative estimate of drug-likeness (QED) is 0.290. The van der Waals surface area contributed by atoms with Gasteiger partial charge in [-0.15, -0.1) is 0 Å². The number of piperazine rings is 1. The fourth-order valence-electron chi connectivity index (χ4n) is 4.87. The molecule has 1 amide bonds. The van der Waals surface area contributed by atoms with E-state index >= 15 is 0 Å². The Hall–Kier alpha value is -4.21. The average molecular weight is 550 g/mol. The number of rotatable bonds is 6. The topological polar surface area (TPSA) is 92.1 Å². The Morgan fingerprint density at radius 1 is 0.923 bits per heavy atom. The number of hydrogen-bond donors (Lipinski definition) is 1. The molecule has 0 aliphatic carbocycles. The van der Waals surface area contributed by atoms with Gasteiger partial charge in [0.05, 0.1) is 17.7 Å². The van der Waals surface area contributed by atoms with E-state index in [2.05, 4.69) is 0 Å². The molecule has 5 rings (SSSR count). The molecule has 0 radical (unpaired) electrons. The molecule has 1 N–H and O–H groups in total. The number of para-hydroxylation sites is 1. The lowest BCUT2D eigenvalue weighted by molar-refractivity contribution is 0.00665. The van der Waals surface area contributed by atoms with Crippen molar-refractivity contribution in [3.8, 4) is 0 Å². The second-order valence-electron chi connectivity index (χ2n) is 9.11. The third-order valence-corrected chi connectivity index (χ3v) is 7.03. The molecular weight excluding hydrogens is 525 g/mol. The molecule has 0 bridgehead atoms. The number of nitrogens with zero attached hydrogens (tertiary/aromatic N) is 3. The van der Waals surface area contributed by atoms with Gasteiger partial charge in [-0.3, -0.25) is 9.59 Å². The van der Waals surface area contributed by atoms with Crippen molar-refractivity contribution in [1.82, 2.24) is 9.47 Å². The Morgan fingerprint density at radius 3 is 2.26 bits per heavy atom. The molecule has 4 aromatic rings. The van der Waals surface area contributed by atoms with Gasteiger partial charge in [-0.05, 0) is 48.0 Å². The van der Waals surface area contributed by atoms with Gasteiger partial charge in [0, 0.05) is 42.2 Å². The van der Waals surface area contributed by atoms with Crippen molar-refractivity contribution in [2.24, 2.45) is 0 Å². The van der Waals surface area contributed by atoms with Crippen LogP contribution in [0.2, 0.25) is 5.02 Å². The molecule has 0 unspecified atom stereocenters. The molecule has 0 atom stereocenters. The Kier molecular flexibility index (Phi) is 7.63. The fraction of sp³-hybridized carbons (Fsp3) is 0.207. The number of pyridine rings is 1. The highest BCUT2D eigenvalue weighted by Gasteiger charge is 2.30. The Bertz CT molecular complexity index is 1580. The molecule has 1 aliphatic rings. The predicted octanol–water partition coefficient (Wildman–Crippen LogP) is 3.91. The van der Waals surface area contributed by atoms with Crippen molar-refractivity contribution >= 4 is 40.1 Å². The number of benzene rings is 3. The van der Waals surface area contributed by atoms with E-state index in [1.54, 1.807) is 59.5 Å². The van der Waals surface area contributed by atoms with Crippen molar-refractivity contribution in [3.63, 3.8) is 0 Å². The van der Waals surface area contributed by atoms with Crippen LogP contribution < -0.4 is 10.5 Å². The van der Waals surface area contributed by atoms with Gasteiger partial charge in [0.25, 0.3) is 11.5 Å². The van der Waals surface area contributed by atoms with Crippen LogP contribution >= 0.6 is 11.6 Å². The second-order valence-corrected chi connectivity index (χ2v) is 9.54. The highest BCUT2D eigenvalue weighted by atomic mass is 35.5. The van der Waals surface area contributed by atoms with E-state index in [9.17, 15) is 23.9 Å². The lowest BCUT2D eigenvalue weighted by atomic mass is 10.0. The number of aromatic nitrogens is 1. The summed E-state index contributed by atoms with van der Waals surface area (Å²) in [7, 11) is 0. The van der Waals surface area contributed by atoms with Gasteiger partial charge >= 0.3 is 5.97 Å². The number of amides is 1. The van der Waals surface area contributed by atoms with Crippen LogP contribution in [0.15, 0.2) is 77.6 Å². The van der Waals surface area contributed by atoms with Crippen molar-refractivity contribution < 1.29 is 23.8 Å². The van der Waals surface area contributed by atoms with Crippen LogP contribution in [0.1, 0.15) is 26.3 Å². The lowest BCUT2D eigenvalue weighted by Crippen LogP contribution is -2.49. The molecule has 1 aromatic heterocycles. The molecule has 0 spiro atoms. The summed E-state index contributed by atoms with van der Waals surface area (Å²) in [5, 5.41) is 10.5. The Morgan fingerprint density at radius 2 is 1.59 bits per heavy atom. The minimum atomic E-state index is -0.948. The highest BCUT2D eigenvalue weighted by molar-refractivity contribution is 6.30. The Balaban J connectivity index is 1.53. The van der Waals surface area contributed by atoms with E-state index in [-0.39, 0.29) is 18.0 Å². The van der Waals surface area contributed by atoms with E-state index in [0.29, 0.717) is 58.9 Å². The molecule has 1 aliphatic heterocycles. The Labute approximate surface area is 228 Å². The number of hydrogen-bond acceptors (Lipinski definition) is 6. The monoisotopic (exact) mass is 549 g/mol. The number of aliphatic hydroxyl groups excluding tert-OH is 1. The van der Waals surface area contributed by atoms with Crippen molar-refractivity contribution in [1.29, 1.82) is 0 Å². The molecule has 200 valence electrons. The van der Waals surface area contributed by atoms with Crippen LogP contribution in [0.4, 0.5) is 10.1 Å². The van der Waals surface area contributed by atoms with Crippen LogP contribution in [0.3, 0.4) is 0 Å². The zero-order chi connectivity index (χ0) is 27.5. The van der Waals surface area contributed by atoms with Gasteiger partial charge in [-0.25, -0.2) is 9.18 Å². The number of aliphatic hydroxyl groups is 1. The largest absolute Gasteiger partial charge is 0.435 e. The van der Waals surface area contributed by atoms with Gasteiger partial charge in [0.15, 0.2) is 6.79 Å².